The minimum Gasteiger partial charge on any atom is -0.506 e. The van der Waals surface area contributed by atoms with Crippen LogP contribution in [0.1, 0.15) is 56.8 Å². The monoisotopic (exact) mass is 442 g/mol. The van der Waals surface area contributed by atoms with Crippen LogP contribution in [0.2, 0.25) is 0 Å². The lowest BCUT2D eigenvalue weighted by molar-refractivity contribution is -0.0559. The van der Waals surface area contributed by atoms with Gasteiger partial charge >= 0.3 is 0 Å². The van der Waals surface area contributed by atoms with Crippen molar-refractivity contribution in [3.63, 3.8) is 0 Å². The fourth-order valence-electron chi connectivity index (χ4n) is 4.88. The van der Waals surface area contributed by atoms with Crippen LogP contribution in [0.5, 0.6) is 5.75 Å². The van der Waals surface area contributed by atoms with Crippen LogP contribution in [0.15, 0.2) is 23.1 Å². The molecule has 2 N–H and O–H groups in total. The standard InChI is InChI=1S/C24H34N4O4/c1-15-6-8-18(9-7-15)26-23(30)20-21(29)19-5-4-10-25-22(19)28(24(20)31)12-11-27-13-14-32-17(3)16(27)2/h4-5,10,15-18,29H,6-9,11-14H2,1-3H3,(H,26,30)/t15?,16-,17+,18?/m0/s1. The van der Waals surface area contributed by atoms with Crippen molar-refractivity contribution < 1.29 is 14.6 Å². The van der Waals surface area contributed by atoms with E-state index in [2.05, 4.69) is 36.0 Å². The van der Waals surface area contributed by atoms with E-state index in [0.29, 0.717) is 36.6 Å². The minimum atomic E-state index is -0.500. The molecule has 2 fully saturated rings. The zero-order chi connectivity index (χ0) is 22.8. The Labute approximate surface area is 188 Å². The van der Waals surface area contributed by atoms with E-state index in [-0.39, 0.29) is 29.5 Å². The molecule has 4 rings (SSSR count). The lowest BCUT2D eigenvalue weighted by Gasteiger charge is -2.37. The minimum absolute atomic E-state index is 0.0335. The number of fused-ring (bicyclic) bond motifs is 1. The third kappa shape index (κ3) is 4.52. The molecule has 1 amide bonds. The Morgan fingerprint density at radius 2 is 1.97 bits per heavy atom. The van der Waals surface area contributed by atoms with E-state index < -0.39 is 11.5 Å². The van der Waals surface area contributed by atoms with Crippen molar-refractivity contribution in [3.8, 4) is 5.75 Å². The highest BCUT2D eigenvalue weighted by Crippen LogP contribution is 2.27. The van der Waals surface area contributed by atoms with E-state index in [1.165, 1.54) is 4.57 Å². The van der Waals surface area contributed by atoms with Gasteiger partial charge in [0.1, 0.15) is 17.0 Å². The van der Waals surface area contributed by atoms with Crippen molar-refractivity contribution in [3.05, 3.63) is 34.2 Å². The Hall–Kier alpha value is -2.45. The first-order chi connectivity index (χ1) is 15.4. The van der Waals surface area contributed by atoms with Gasteiger partial charge < -0.3 is 15.2 Å². The van der Waals surface area contributed by atoms with Gasteiger partial charge in [-0.15, -0.1) is 0 Å². The van der Waals surface area contributed by atoms with E-state index in [1.807, 2.05) is 0 Å². The first-order valence-electron chi connectivity index (χ1n) is 11.7. The molecule has 1 aliphatic heterocycles. The number of pyridine rings is 2. The molecule has 1 saturated heterocycles. The largest absolute Gasteiger partial charge is 0.506 e. The number of ether oxygens (including phenoxy) is 1. The number of morpholine rings is 1. The van der Waals surface area contributed by atoms with Crippen LogP contribution in [0.4, 0.5) is 0 Å². The number of rotatable bonds is 5. The van der Waals surface area contributed by atoms with Crippen LogP contribution in [0.25, 0.3) is 11.0 Å². The van der Waals surface area contributed by atoms with Crippen molar-refractivity contribution in [2.24, 2.45) is 5.92 Å². The van der Waals surface area contributed by atoms with Crippen LogP contribution in [-0.2, 0) is 11.3 Å². The van der Waals surface area contributed by atoms with Crippen LogP contribution in [0, 0.1) is 5.92 Å². The smallest absolute Gasteiger partial charge is 0.268 e. The number of hydrogen-bond acceptors (Lipinski definition) is 6. The molecule has 1 aliphatic carbocycles. The molecule has 8 nitrogen and oxygen atoms in total. The molecule has 0 unspecified atom stereocenters. The topological polar surface area (TPSA) is 96.7 Å². The molecule has 174 valence electrons. The van der Waals surface area contributed by atoms with Crippen LogP contribution < -0.4 is 10.9 Å². The number of aromatic nitrogens is 2. The molecule has 0 aromatic carbocycles. The third-order valence-corrected chi connectivity index (χ3v) is 7.20. The number of carbonyl (C=O) groups is 1. The summed E-state index contributed by atoms with van der Waals surface area (Å²) in [5.41, 5.74) is -0.288. The lowest BCUT2D eigenvalue weighted by atomic mass is 9.87. The Morgan fingerprint density at radius 3 is 2.72 bits per heavy atom. The summed E-state index contributed by atoms with van der Waals surface area (Å²) in [7, 11) is 0. The van der Waals surface area contributed by atoms with Crippen molar-refractivity contribution in [2.75, 3.05) is 19.7 Å². The highest BCUT2D eigenvalue weighted by Gasteiger charge is 2.28. The fourth-order valence-corrected chi connectivity index (χ4v) is 4.88. The van der Waals surface area contributed by atoms with Gasteiger partial charge in [0, 0.05) is 37.9 Å². The lowest BCUT2D eigenvalue weighted by Crippen LogP contribution is -2.50. The quantitative estimate of drug-likeness (QED) is 0.739. The van der Waals surface area contributed by atoms with E-state index >= 15 is 0 Å². The molecule has 2 atom stereocenters. The summed E-state index contributed by atoms with van der Waals surface area (Å²) in [6, 6.07) is 3.66. The summed E-state index contributed by atoms with van der Waals surface area (Å²) < 4.78 is 7.23. The fraction of sp³-hybridized carbons (Fsp3) is 0.625. The van der Waals surface area contributed by atoms with Gasteiger partial charge in [-0.05, 0) is 57.6 Å². The summed E-state index contributed by atoms with van der Waals surface area (Å²) >= 11 is 0. The van der Waals surface area contributed by atoms with Crippen molar-refractivity contribution >= 4 is 16.9 Å². The Kier molecular flexibility index (Phi) is 6.81. The summed E-state index contributed by atoms with van der Waals surface area (Å²) in [4.78, 5) is 33.2. The number of nitrogens with zero attached hydrogens (tertiary/aromatic N) is 3. The normalized spacial score (nSPS) is 26.8. The average Bonchev–Trinajstić information content (AvgIpc) is 2.78. The second-order valence-electron chi connectivity index (χ2n) is 9.34. The van der Waals surface area contributed by atoms with Crippen molar-refractivity contribution in [2.45, 2.75) is 71.2 Å². The van der Waals surface area contributed by atoms with Gasteiger partial charge in [-0.25, -0.2) is 4.98 Å². The number of aromatic hydroxyl groups is 1. The number of carbonyl (C=O) groups excluding carboxylic acids is 1. The van der Waals surface area contributed by atoms with Crippen molar-refractivity contribution in [1.82, 2.24) is 19.8 Å². The number of hydrogen-bond donors (Lipinski definition) is 2. The van der Waals surface area contributed by atoms with E-state index in [4.69, 9.17) is 4.74 Å². The predicted octanol–water partition coefficient (Wildman–Crippen LogP) is 2.52. The molecule has 0 radical (unpaired) electrons. The van der Waals surface area contributed by atoms with Crippen molar-refractivity contribution in [1.29, 1.82) is 0 Å². The molecular formula is C24H34N4O4. The Balaban J connectivity index is 1.63. The molecule has 2 aromatic heterocycles. The summed E-state index contributed by atoms with van der Waals surface area (Å²) in [6.45, 7) is 8.84. The number of nitrogens with one attached hydrogen (secondary N) is 1. The van der Waals surface area contributed by atoms with Crippen LogP contribution in [-0.4, -0.2) is 63.3 Å². The second-order valence-corrected chi connectivity index (χ2v) is 9.34. The predicted molar refractivity (Wildman–Crippen MR) is 123 cm³/mol. The van der Waals surface area contributed by atoms with Gasteiger partial charge in [-0.3, -0.25) is 19.1 Å². The molecule has 2 aromatic rings. The van der Waals surface area contributed by atoms with E-state index in [0.717, 1.165) is 32.2 Å². The van der Waals surface area contributed by atoms with Gasteiger partial charge in [-0.2, -0.15) is 0 Å². The molecular weight excluding hydrogens is 408 g/mol. The molecule has 0 bridgehead atoms. The van der Waals surface area contributed by atoms with E-state index in [1.54, 1.807) is 18.3 Å². The van der Waals surface area contributed by atoms with Gasteiger partial charge in [0.05, 0.1) is 18.1 Å². The maximum absolute atomic E-state index is 13.4. The first-order valence-corrected chi connectivity index (χ1v) is 11.7. The van der Waals surface area contributed by atoms with Crippen LogP contribution >= 0.6 is 0 Å². The highest BCUT2D eigenvalue weighted by molar-refractivity contribution is 6.01. The zero-order valence-electron chi connectivity index (χ0n) is 19.2. The van der Waals surface area contributed by atoms with Gasteiger partial charge in [0.25, 0.3) is 11.5 Å². The highest BCUT2D eigenvalue weighted by atomic mass is 16.5. The van der Waals surface area contributed by atoms with Crippen LogP contribution in [0.3, 0.4) is 0 Å². The molecule has 2 aliphatic rings. The molecule has 1 saturated carbocycles. The first kappa shape index (κ1) is 22.7. The summed E-state index contributed by atoms with van der Waals surface area (Å²) in [5, 5.41) is 14.3. The molecule has 3 heterocycles. The Morgan fingerprint density at radius 1 is 1.22 bits per heavy atom. The zero-order valence-corrected chi connectivity index (χ0v) is 19.2. The average molecular weight is 443 g/mol. The van der Waals surface area contributed by atoms with Gasteiger partial charge in [0.15, 0.2) is 0 Å². The second kappa shape index (κ2) is 9.58. The number of amides is 1. The molecule has 0 spiro atoms. The molecule has 32 heavy (non-hydrogen) atoms. The summed E-state index contributed by atoms with van der Waals surface area (Å²) in [6.07, 6.45) is 5.61. The Bertz CT molecular complexity index is 1030. The van der Waals surface area contributed by atoms with Gasteiger partial charge in [-0.1, -0.05) is 6.92 Å². The summed E-state index contributed by atoms with van der Waals surface area (Å²) in [5.74, 6) is -0.130. The third-order valence-electron chi connectivity index (χ3n) is 7.20. The molecule has 8 heteroatoms. The van der Waals surface area contributed by atoms with E-state index in [9.17, 15) is 14.7 Å². The van der Waals surface area contributed by atoms with Gasteiger partial charge in [0.2, 0.25) is 0 Å². The SMILES string of the molecule is CC1CCC(NC(=O)c2c(O)c3cccnc3n(CCN3CCO[C@H](C)[C@@H]3C)c2=O)CC1. The maximum Gasteiger partial charge on any atom is 0.268 e. The maximum atomic E-state index is 13.4.